The summed E-state index contributed by atoms with van der Waals surface area (Å²) in [5.74, 6) is 1.92. The lowest BCUT2D eigenvalue weighted by Crippen LogP contribution is -2.11. The van der Waals surface area contributed by atoms with Crippen LogP contribution < -0.4 is 16.0 Å². The maximum absolute atomic E-state index is 12.4. The molecule has 0 bridgehead atoms. The summed E-state index contributed by atoms with van der Waals surface area (Å²) in [5.41, 5.74) is 5.50. The van der Waals surface area contributed by atoms with Gasteiger partial charge in [-0.2, -0.15) is 0 Å². The number of nitrogens with one attached hydrogen (secondary N) is 3. The zero-order chi connectivity index (χ0) is 22.5. The van der Waals surface area contributed by atoms with Crippen molar-refractivity contribution in [2.24, 2.45) is 0 Å². The van der Waals surface area contributed by atoms with Crippen molar-refractivity contribution in [3.05, 3.63) is 101 Å². The van der Waals surface area contributed by atoms with Crippen LogP contribution in [0.3, 0.4) is 0 Å². The average molecular weight is 424 g/mol. The van der Waals surface area contributed by atoms with Gasteiger partial charge in [0.2, 0.25) is 0 Å². The molecule has 0 unspecified atom stereocenters. The Morgan fingerprint density at radius 3 is 1.59 bits per heavy atom. The first-order valence-electron chi connectivity index (χ1n) is 10.4. The number of hydrogen-bond donors (Lipinski definition) is 3. The minimum atomic E-state index is -0.135. The molecule has 0 atom stereocenters. The monoisotopic (exact) mass is 423 g/mol. The summed E-state index contributed by atoms with van der Waals surface area (Å²) in [7, 11) is 0. The van der Waals surface area contributed by atoms with Gasteiger partial charge in [0.05, 0.1) is 0 Å². The van der Waals surface area contributed by atoms with Gasteiger partial charge in [-0.1, -0.05) is 35.4 Å². The van der Waals surface area contributed by atoms with Crippen LogP contribution in [0.5, 0.6) is 0 Å². The highest BCUT2D eigenvalue weighted by molar-refractivity contribution is 6.04. The second-order valence-corrected chi connectivity index (χ2v) is 7.70. The molecule has 4 rings (SSSR count). The quantitative estimate of drug-likeness (QED) is 0.347. The number of hydrogen-bond acceptors (Lipinski definition) is 5. The van der Waals surface area contributed by atoms with Crippen LogP contribution in [0.1, 0.15) is 27.3 Å². The molecule has 6 heteroatoms. The fourth-order valence-corrected chi connectivity index (χ4v) is 3.17. The summed E-state index contributed by atoms with van der Waals surface area (Å²) < 4.78 is 0. The van der Waals surface area contributed by atoms with Crippen LogP contribution in [-0.4, -0.2) is 15.9 Å². The fraction of sp³-hybridized carbons (Fsp3) is 0.115. The molecule has 0 saturated carbocycles. The van der Waals surface area contributed by atoms with Crippen molar-refractivity contribution in [2.45, 2.75) is 20.8 Å². The second-order valence-electron chi connectivity index (χ2n) is 7.70. The third-order valence-corrected chi connectivity index (χ3v) is 4.89. The molecule has 0 radical (unpaired) electrons. The number of amides is 1. The van der Waals surface area contributed by atoms with E-state index >= 15 is 0 Å². The van der Waals surface area contributed by atoms with Crippen LogP contribution in [0.15, 0.2) is 78.9 Å². The summed E-state index contributed by atoms with van der Waals surface area (Å²) in [6, 6.07) is 25.0. The Bertz CT molecular complexity index is 1220. The third-order valence-electron chi connectivity index (χ3n) is 4.89. The van der Waals surface area contributed by atoms with E-state index in [4.69, 9.17) is 0 Å². The fourth-order valence-electron chi connectivity index (χ4n) is 3.17. The highest BCUT2D eigenvalue weighted by Crippen LogP contribution is 2.22. The molecule has 1 aromatic heterocycles. The Labute approximate surface area is 187 Å². The van der Waals surface area contributed by atoms with E-state index in [0.717, 1.165) is 22.6 Å². The van der Waals surface area contributed by atoms with Gasteiger partial charge in [-0.3, -0.25) is 4.79 Å². The molecule has 0 saturated heterocycles. The molecule has 32 heavy (non-hydrogen) atoms. The lowest BCUT2D eigenvalue weighted by molar-refractivity contribution is 0.102. The number of carbonyl (C=O) groups excluding carboxylic acids is 1. The van der Waals surface area contributed by atoms with Crippen LogP contribution in [0.25, 0.3) is 0 Å². The number of benzene rings is 3. The molecule has 0 aliphatic heterocycles. The summed E-state index contributed by atoms with van der Waals surface area (Å²) in [6.07, 6.45) is 0. The Balaban J connectivity index is 1.42. The van der Waals surface area contributed by atoms with Crippen molar-refractivity contribution in [1.82, 2.24) is 9.97 Å². The molecule has 3 aromatic carbocycles. The molecule has 160 valence electrons. The zero-order valence-corrected chi connectivity index (χ0v) is 18.3. The van der Waals surface area contributed by atoms with Gasteiger partial charge in [0.1, 0.15) is 17.5 Å². The van der Waals surface area contributed by atoms with E-state index in [1.54, 1.807) is 0 Å². The summed E-state index contributed by atoms with van der Waals surface area (Å²) in [4.78, 5) is 21.3. The molecule has 0 aliphatic rings. The smallest absolute Gasteiger partial charge is 0.255 e. The molecule has 6 nitrogen and oxygen atoms in total. The Kier molecular flexibility index (Phi) is 6.12. The van der Waals surface area contributed by atoms with Crippen molar-refractivity contribution in [3.63, 3.8) is 0 Å². The Morgan fingerprint density at radius 2 is 1.06 bits per heavy atom. The van der Waals surface area contributed by atoms with Gasteiger partial charge in [0.15, 0.2) is 0 Å². The normalized spacial score (nSPS) is 10.5. The molecule has 0 aliphatic carbocycles. The summed E-state index contributed by atoms with van der Waals surface area (Å²) in [6.45, 7) is 5.91. The zero-order valence-electron chi connectivity index (χ0n) is 18.3. The molecule has 4 aromatic rings. The molecule has 3 N–H and O–H groups in total. The first-order chi connectivity index (χ1) is 15.4. The maximum Gasteiger partial charge on any atom is 0.255 e. The summed E-state index contributed by atoms with van der Waals surface area (Å²) >= 11 is 0. The number of aryl methyl sites for hydroxylation is 3. The van der Waals surface area contributed by atoms with Crippen molar-refractivity contribution >= 4 is 34.6 Å². The molecule has 1 amide bonds. The van der Waals surface area contributed by atoms with Gasteiger partial charge in [-0.05, 0) is 69.3 Å². The minimum absolute atomic E-state index is 0.135. The number of anilines is 5. The number of nitrogens with zero attached hydrogens (tertiary/aromatic N) is 2. The first-order valence-corrected chi connectivity index (χ1v) is 10.4. The molecular weight excluding hydrogens is 398 g/mol. The average Bonchev–Trinajstić information content (AvgIpc) is 2.77. The number of carbonyl (C=O) groups is 1. The van der Waals surface area contributed by atoms with Crippen molar-refractivity contribution in [1.29, 1.82) is 0 Å². The third kappa shape index (κ3) is 5.49. The Morgan fingerprint density at radius 1 is 0.625 bits per heavy atom. The molecule has 0 fully saturated rings. The van der Waals surface area contributed by atoms with E-state index in [0.29, 0.717) is 23.0 Å². The molecular formula is C26H25N5O. The van der Waals surface area contributed by atoms with E-state index in [2.05, 4.69) is 45.0 Å². The second kappa shape index (κ2) is 9.31. The van der Waals surface area contributed by atoms with E-state index < -0.39 is 0 Å². The highest BCUT2D eigenvalue weighted by Gasteiger charge is 2.07. The first kappa shape index (κ1) is 21.1. The van der Waals surface area contributed by atoms with Crippen LogP contribution >= 0.6 is 0 Å². The van der Waals surface area contributed by atoms with Gasteiger partial charge in [-0.15, -0.1) is 0 Å². The Hall–Kier alpha value is -4.19. The van der Waals surface area contributed by atoms with E-state index in [9.17, 15) is 4.79 Å². The van der Waals surface area contributed by atoms with Crippen LogP contribution in [0.4, 0.5) is 28.7 Å². The van der Waals surface area contributed by atoms with Crippen molar-refractivity contribution in [2.75, 3.05) is 16.0 Å². The van der Waals surface area contributed by atoms with Gasteiger partial charge >= 0.3 is 0 Å². The van der Waals surface area contributed by atoms with Crippen molar-refractivity contribution < 1.29 is 4.79 Å². The predicted molar refractivity (Wildman–Crippen MR) is 130 cm³/mol. The van der Waals surface area contributed by atoms with Gasteiger partial charge in [0.25, 0.3) is 5.91 Å². The largest absolute Gasteiger partial charge is 0.340 e. The lowest BCUT2D eigenvalue weighted by Gasteiger charge is -2.11. The van der Waals surface area contributed by atoms with Crippen molar-refractivity contribution in [3.8, 4) is 0 Å². The minimum Gasteiger partial charge on any atom is -0.340 e. The van der Waals surface area contributed by atoms with E-state index in [-0.39, 0.29) is 5.91 Å². The highest BCUT2D eigenvalue weighted by atomic mass is 16.1. The van der Waals surface area contributed by atoms with Gasteiger partial charge < -0.3 is 16.0 Å². The van der Waals surface area contributed by atoms with E-state index in [1.807, 2.05) is 80.6 Å². The van der Waals surface area contributed by atoms with Crippen LogP contribution in [0, 0.1) is 20.8 Å². The lowest BCUT2D eigenvalue weighted by atomic mass is 10.1. The molecule has 1 heterocycles. The van der Waals surface area contributed by atoms with Gasteiger partial charge in [0, 0.05) is 28.7 Å². The van der Waals surface area contributed by atoms with E-state index in [1.165, 1.54) is 5.56 Å². The number of rotatable bonds is 6. The maximum atomic E-state index is 12.4. The van der Waals surface area contributed by atoms with Gasteiger partial charge in [-0.25, -0.2) is 9.97 Å². The summed E-state index contributed by atoms with van der Waals surface area (Å²) in [5, 5.41) is 9.52. The predicted octanol–water partition coefficient (Wildman–Crippen LogP) is 6.14. The van der Waals surface area contributed by atoms with Crippen LogP contribution in [0.2, 0.25) is 0 Å². The SMILES string of the molecule is Cc1ccc(Nc2cc(Nc3ccc(NC(=O)c4ccc(C)cc4)cc3)nc(C)n2)cc1. The van der Waals surface area contributed by atoms with Crippen LogP contribution in [-0.2, 0) is 0 Å². The molecule has 0 spiro atoms. The standard InChI is InChI=1S/C26H25N5O/c1-17-4-8-20(9-5-17)26(32)31-23-14-12-22(13-15-23)30-25-16-24(27-19(3)28-25)29-21-10-6-18(2)7-11-21/h4-16H,1-3H3,(H,31,32)(H2,27,28,29,30). The number of aromatic nitrogens is 2. The topological polar surface area (TPSA) is 78.9 Å².